The standard InChI is InChI=1S/C27H29ClN2O5/c1-2-15-35-22-9-7-19(8-10-22)25(31)23-24(20-5-3-6-21(28)18-20)30(27(33)26(23)32)12-4-11-29-13-16-34-17-14-29/h2-3,5-10,18,24,31H,1,4,11-17H2. The smallest absolute Gasteiger partial charge is 0.295 e. The molecule has 0 bridgehead atoms. The molecule has 2 saturated heterocycles. The van der Waals surface area contributed by atoms with Gasteiger partial charge in [-0.25, -0.2) is 0 Å². The van der Waals surface area contributed by atoms with E-state index in [-0.39, 0.29) is 11.3 Å². The molecular weight excluding hydrogens is 468 g/mol. The van der Waals surface area contributed by atoms with Crippen molar-refractivity contribution in [1.29, 1.82) is 0 Å². The van der Waals surface area contributed by atoms with Crippen molar-refractivity contribution >= 4 is 29.1 Å². The van der Waals surface area contributed by atoms with Crippen LogP contribution in [0.5, 0.6) is 5.75 Å². The lowest BCUT2D eigenvalue weighted by atomic mass is 9.95. The predicted molar refractivity (Wildman–Crippen MR) is 134 cm³/mol. The van der Waals surface area contributed by atoms with Gasteiger partial charge in [-0.2, -0.15) is 0 Å². The van der Waals surface area contributed by atoms with E-state index in [1.165, 1.54) is 0 Å². The van der Waals surface area contributed by atoms with Crippen LogP contribution in [0, 0.1) is 0 Å². The number of ketones is 1. The van der Waals surface area contributed by atoms with Crippen molar-refractivity contribution < 1.29 is 24.2 Å². The highest BCUT2D eigenvalue weighted by Crippen LogP contribution is 2.40. The molecule has 2 aromatic carbocycles. The summed E-state index contributed by atoms with van der Waals surface area (Å²) in [5.74, 6) is -0.939. The van der Waals surface area contributed by atoms with Crippen LogP contribution in [0.3, 0.4) is 0 Å². The van der Waals surface area contributed by atoms with E-state index < -0.39 is 17.7 Å². The average molecular weight is 497 g/mol. The minimum Gasteiger partial charge on any atom is -0.507 e. The lowest BCUT2D eigenvalue weighted by molar-refractivity contribution is -0.140. The Morgan fingerprint density at radius 3 is 2.57 bits per heavy atom. The van der Waals surface area contributed by atoms with Crippen LogP contribution in [0.15, 0.2) is 66.8 Å². The number of ether oxygens (including phenoxy) is 2. The van der Waals surface area contributed by atoms with Gasteiger partial charge in [0.2, 0.25) is 0 Å². The molecule has 1 unspecified atom stereocenters. The van der Waals surface area contributed by atoms with E-state index in [9.17, 15) is 14.7 Å². The van der Waals surface area contributed by atoms with Crippen molar-refractivity contribution in [2.45, 2.75) is 12.5 Å². The average Bonchev–Trinajstić information content (AvgIpc) is 3.13. The summed E-state index contributed by atoms with van der Waals surface area (Å²) in [5, 5.41) is 11.7. The Morgan fingerprint density at radius 1 is 1.14 bits per heavy atom. The predicted octanol–water partition coefficient (Wildman–Crippen LogP) is 4.05. The highest BCUT2D eigenvalue weighted by atomic mass is 35.5. The number of aliphatic hydroxyl groups excluding tert-OH is 1. The molecule has 0 spiro atoms. The van der Waals surface area contributed by atoms with Gasteiger partial charge in [-0.3, -0.25) is 14.5 Å². The molecule has 2 aliphatic heterocycles. The van der Waals surface area contributed by atoms with Gasteiger partial charge in [0.1, 0.15) is 18.1 Å². The summed E-state index contributed by atoms with van der Waals surface area (Å²) in [6, 6.07) is 13.0. The summed E-state index contributed by atoms with van der Waals surface area (Å²) in [5.41, 5.74) is 1.16. The minimum absolute atomic E-state index is 0.0587. The number of benzene rings is 2. The molecule has 35 heavy (non-hydrogen) atoms. The SMILES string of the molecule is C=CCOc1ccc(C(O)=C2C(=O)C(=O)N(CCCN3CCOCC3)C2c2cccc(Cl)c2)cc1. The molecule has 1 amide bonds. The maximum absolute atomic E-state index is 13.2. The number of amides is 1. The molecule has 2 aliphatic rings. The molecule has 2 heterocycles. The van der Waals surface area contributed by atoms with E-state index in [0.717, 1.165) is 19.6 Å². The number of nitrogens with zero attached hydrogens (tertiary/aromatic N) is 2. The second kappa shape index (κ2) is 11.5. The molecule has 0 saturated carbocycles. The number of Topliss-reactive ketones (excluding diaryl/α,β-unsaturated/α-hetero) is 1. The quantitative estimate of drug-likeness (QED) is 0.244. The minimum atomic E-state index is -0.727. The highest BCUT2D eigenvalue weighted by molar-refractivity contribution is 6.46. The van der Waals surface area contributed by atoms with Gasteiger partial charge in [0.05, 0.1) is 24.8 Å². The van der Waals surface area contributed by atoms with Crippen molar-refractivity contribution in [1.82, 2.24) is 9.80 Å². The number of rotatable bonds is 9. The van der Waals surface area contributed by atoms with Crippen molar-refractivity contribution in [3.63, 3.8) is 0 Å². The van der Waals surface area contributed by atoms with Gasteiger partial charge in [-0.05, 0) is 48.4 Å². The number of carbonyl (C=O) groups is 2. The van der Waals surface area contributed by atoms with Crippen LogP contribution >= 0.6 is 11.6 Å². The third-order valence-corrected chi connectivity index (χ3v) is 6.41. The number of likely N-dealkylation sites (tertiary alicyclic amines) is 1. The van der Waals surface area contributed by atoms with Gasteiger partial charge in [0, 0.05) is 36.8 Å². The van der Waals surface area contributed by atoms with Gasteiger partial charge in [0.15, 0.2) is 0 Å². The van der Waals surface area contributed by atoms with Crippen LogP contribution in [0.4, 0.5) is 0 Å². The summed E-state index contributed by atoms with van der Waals surface area (Å²) in [6.45, 7) is 8.25. The number of carbonyl (C=O) groups excluding carboxylic acids is 2. The van der Waals surface area contributed by atoms with Crippen molar-refractivity contribution in [3.8, 4) is 5.75 Å². The number of halogens is 1. The monoisotopic (exact) mass is 496 g/mol. The van der Waals surface area contributed by atoms with E-state index in [4.69, 9.17) is 21.1 Å². The molecule has 0 radical (unpaired) electrons. The Bertz CT molecular complexity index is 1110. The fraction of sp³-hybridized carbons (Fsp3) is 0.333. The molecule has 4 rings (SSSR count). The second-order valence-electron chi connectivity index (χ2n) is 8.48. The number of hydrogen-bond acceptors (Lipinski definition) is 6. The number of hydrogen-bond donors (Lipinski definition) is 1. The molecule has 0 aliphatic carbocycles. The third kappa shape index (κ3) is 5.75. The van der Waals surface area contributed by atoms with E-state index >= 15 is 0 Å². The zero-order valence-corrected chi connectivity index (χ0v) is 20.2. The first-order valence-electron chi connectivity index (χ1n) is 11.7. The zero-order valence-electron chi connectivity index (χ0n) is 19.5. The van der Waals surface area contributed by atoms with Gasteiger partial charge in [-0.1, -0.05) is 36.4 Å². The first-order chi connectivity index (χ1) is 17.0. The lowest BCUT2D eigenvalue weighted by Crippen LogP contribution is -2.38. The van der Waals surface area contributed by atoms with Crippen LogP contribution in [-0.4, -0.2) is 72.6 Å². The van der Waals surface area contributed by atoms with Crippen LogP contribution in [0.1, 0.15) is 23.6 Å². The molecule has 7 nitrogen and oxygen atoms in total. The Balaban J connectivity index is 1.64. The van der Waals surface area contributed by atoms with Crippen LogP contribution < -0.4 is 4.74 Å². The van der Waals surface area contributed by atoms with E-state index in [2.05, 4.69) is 11.5 Å². The first-order valence-corrected chi connectivity index (χ1v) is 12.1. The Hall–Kier alpha value is -3.13. The third-order valence-electron chi connectivity index (χ3n) is 6.18. The van der Waals surface area contributed by atoms with Gasteiger partial charge < -0.3 is 19.5 Å². The molecule has 184 valence electrons. The fourth-order valence-corrected chi connectivity index (χ4v) is 4.64. The van der Waals surface area contributed by atoms with Crippen LogP contribution in [-0.2, 0) is 14.3 Å². The van der Waals surface area contributed by atoms with Crippen molar-refractivity contribution in [2.75, 3.05) is 46.0 Å². The summed E-state index contributed by atoms with van der Waals surface area (Å²) >= 11 is 6.25. The number of morpholine rings is 1. The fourth-order valence-electron chi connectivity index (χ4n) is 4.44. The Morgan fingerprint density at radius 2 is 1.89 bits per heavy atom. The van der Waals surface area contributed by atoms with Gasteiger partial charge >= 0.3 is 0 Å². The first kappa shape index (κ1) is 25.0. The van der Waals surface area contributed by atoms with E-state index in [0.29, 0.717) is 54.7 Å². The van der Waals surface area contributed by atoms with E-state index in [1.54, 1.807) is 53.4 Å². The number of aliphatic hydroxyl groups is 1. The summed E-state index contributed by atoms with van der Waals surface area (Å²) in [4.78, 5) is 30.1. The van der Waals surface area contributed by atoms with Gasteiger partial charge in [0.25, 0.3) is 11.7 Å². The van der Waals surface area contributed by atoms with Crippen LogP contribution in [0.25, 0.3) is 5.76 Å². The molecule has 0 aromatic heterocycles. The van der Waals surface area contributed by atoms with Crippen LogP contribution in [0.2, 0.25) is 5.02 Å². The maximum atomic E-state index is 13.2. The van der Waals surface area contributed by atoms with Crippen molar-refractivity contribution in [3.05, 3.63) is 82.9 Å². The maximum Gasteiger partial charge on any atom is 0.295 e. The normalized spacial score (nSPS) is 20.3. The molecule has 2 fully saturated rings. The topological polar surface area (TPSA) is 79.3 Å². The molecular formula is C27H29ClN2O5. The highest BCUT2D eigenvalue weighted by Gasteiger charge is 2.45. The Kier molecular flexibility index (Phi) is 8.23. The molecule has 1 N–H and O–H groups in total. The second-order valence-corrected chi connectivity index (χ2v) is 8.92. The largest absolute Gasteiger partial charge is 0.507 e. The zero-order chi connectivity index (χ0) is 24.8. The molecule has 8 heteroatoms. The summed E-state index contributed by atoms with van der Waals surface area (Å²) in [6.07, 6.45) is 2.33. The summed E-state index contributed by atoms with van der Waals surface area (Å²) < 4.78 is 10.9. The lowest BCUT2D eigenvalue weighted by Gasteiger charge is -2.29. The molecule has 1 atom stereocenters. The van der Waals surface area contributed by atoms with Crippen molar-refractivity contribution in [2.24, 2.45) is 0 Å². The van der Waals surface area contributed by atoms with Gasteiger partial charge in [-0.15, -0.1) is 0 Å². The summed E-state index contributed by atoms with van der Waals surface area (Å²) in [7, 11) is 0. The van der Waals surface area contributed by atoms with E-state index in [1.807, 2.05) is 6.07 Å². The Labute approximate surface area is 210 Å². The molecule has 2 aromatic rings.